The zero-order valence-electron chi connectivity index (χ0n) is 18.5. The summed E-state index contributed by atoms with van der Waals surface area (Å²) in [6, 6.07) is 13.4. The molecule has 34 heavy (non-hydrogen) atoms. The molecule has 9 nitrogen and oxygen atoms in total. The lowest BCUT2D eigenvalue weighted by atomic mass is 10.1. The van der Waals surface area contributed by atoms with E-state index < -0.39 is 27.0 Å². The van der Waals surface area contributed by atoms with Gasteiger partial charge in [-0.1, -0.05) is 29.8 Å². The van der Waals surface area contributed by atoms with Crippen molar-refractivity contribution in [3.05, 3.63) is 70.8 Å². The molecule has 0 unspecified atom stereocenters. The third-order valence-electron chi connectivity index (χ3n) is 5.02. The van der Waals surface area contributed by atoms with Gasteiger partial charge in [0, 0.05) is 0 Å². The summed E-state index contributed by atoms with van der Waals surface area (Å²) in [7, 11) is -3.79. The van der Waals surface area contributed by atoms with Crippen LogP contribution in [-0.2, 0) is 14.6 Å². The van der Waals surface area contributed by atoms with Crippen molar-refractivity contribution in [2.24, 2.45) is 9.39 Å². The van der Waals surface area contributed by atoms with Crippen LogP contribution in [0.1, 0.15) is 35.3 Å². The van der Waals surface area contributed by atoms with E-state index in [9.17, 15) is 18.0 Å². The monoisotopic (exact) mass is 496 g/mol. The Kier molecular flexibility index (Phi) is 6.24. The Bertz CT molecular complexity index is 1410. The highest BCUT2D eigenvalue weighted by atomic mass is 32.2. The topological polar surface area (TPSA) is 129 Å². The maximum absolute atomic E-state index is 12.6. The van der Waals surface area contributed by atoms with Gasteiger partial charge in [0.1, 0.15) is 11.6 Å². The predicted molar refractivity (Wildman–Crippen MR) is 132 cm³/mol. The molecule has 2 aliphatic heterocycles. The summed E-state index contributed by atoms with van der Waals surface area (Å²) in [4.78, 5) is 29.8. The molecule has 0 bridgehead atoms. The van der Waals surface area contributed by atoms with Crippen molar-refractivity contribution in [2.45, 2.75) is 26.0 Å². The molecule has 0 aliphatic carbocycles. The molecule has 0 atom stereocenters. The molecule has 2 heterocycles. The highest BCUT2D eigenvalue weighted by Crippen LogP contribution is 2.31. The summed E-state index contributed by atoms with van der Waals surface area (Å²) >= 11 is 0.748. The summed E-state index contributed by atoms with van der Waals surface area (Å²) in [5, 5.41) is 7.45. The summed E-state index contributed by atoms with van der Waals surface area (Å²) in [6.07, 6.45) is 1.43. The Hall–Kier alpha value is -3.57. The first-order chi connectivity index (χ1) is 16.1. The van der Waals surface area contributed by atoms with Crippen molar-refractivity contribution in [2.75, 3.05) is 0 Å². The van der Waals surface area contributed by atoms with E-state index in [1.165, 1.54) is 19.9 Å². The minimum absolute atomic E-state index is 0.0322. The van der Waals surface area contributed by atoms with Crippen LogP contribution in [0.5, 0.6) is 5.75 Å². The SMILES string of the molecule is Cc1cccc(C(=O)Oc2ccc(/C=C3/C(=N)N4C(=NC3=O)SN=C4S(=O)(=O)C(C)C)cc2)c1. The third-order valence-corrected chi connectivity index (χ3v) is 7.87. The highest BCUT2D eigenvalue weighted by Gasteiger charge is 2.43. The van der Waals surface area contributed by atoms with Gasteiger partial charge < -0.3 is 4.74 Å². The molecule has 0 saturated carbocycles. The Morgan fingerprint density at radius 2 is 1.88 bits per heavy atom. The van der Waals surface area contributed by atoms with Crippen molar-refractivity contribution in [1.82, 2.24) is 4.90 Å². The molecule has 4 rings (SSSR count). The lowest BCUT2D eigenvalue weighted by Crippen LogP contribution is -2.46. The molecular formula is C23H20N4O5S2. The number of benzene rings is 2. The maximum atomic E-state index is 12.6. The Morgan fingerprint density at radius 3 is 2.53 bits per heavy atom. The zero-order valence-corrected chi connectivity index (χ0v) is 20.1. The van der Waals surface area contributed by atoms with Crippen molar-refractivity contribution < 1.29 is 22.7 Å². The number of ether oxygens (including phenoxy) is 1. The largest absolute Gasteiger partial charge is 0.423 e. The number of carbonyl (C=O) groups excluding carboxylic acids is 2. The van der Waals surface area contributed by atoms with Crippen molar-refractivity contribution in [3.63, 3.8) is 0 Å². The van der Waals surface area contributed by atoms with Gasteiger partial charge in [-0.05, 0) is 56.7 Å². The second kappa shape index (κ2) is 8.99. The van der Waals surface area contributed by atoms with E-state index in [0.717, 1.165) is 22.4 Å². The first-order valence-electron chi connectivity index (χ1n) is 10.2. The van der Waals surface area contributed by atoms with Crippen LogP contribution in [0.2, 0.25) is 0 Å². The lowest BCUT2D eigenvalue weighted by molar-refractivity contribution is -0.114. The molecular weight excluding hydrogens is 476 g/mol. The Labute approximate surface area is 200 Å². The molecule has 2 aliphatic rings. The van der Waals surface area contributed by atoms with E-state index in [4.69, 9.17) is 10.1 Å². The van der Waals surface area contributed by atoms with Gasteiger partial charge in [0.05, 0.1) is 28.3 Å². The summed E-state index contributed by atoms with van der Waals surface area (Å²) in [6.45, 7) is 4.91. The molecule has 0 spiro atoms. The van der Waals surface area contributed by atoms with Gasteiger partial charge in [0.2, 0.25) is 20.2 Å². The highest BCUT2D eigenvalue weighted by molar-refractivity contribution is 8.16. The van der Waals surface area contributed by atoms with E-state index in [1.54, 1.807) is 42.5 Å². The van der Waals surface area contributed by atoms with Gasteiger partial charge in [0.15, 0.2) is 0 Å². The van der Waals surface area contributed by atoms with Crippen molar-refractivity contribution >= 4 is 55.9 Å². The van der Waals surface area contributed by atoms with E-state index in [2.05, 4.69) is 9.39 Å². The van der Waals surface area contributed by atoms with Crippen LogP contribution in [0, 0.1) is 12.3 Å². The van der Waals surface area contributed by atoms with Gasteiger partial charge in [-0.3, -0.25) is 10.2 Å². The quantitative estimate of drug-likeness (QED) is 0.296. The normalized spacial score (nSPS) is 17.1. The van der Waals surface area contributed by atoms with Crippen LogP contribution >= 0.6 is 11.9 Å². The number of sulfone groups is 1. The molecule has 0 fully saturated rings. The van der Waals surface area contributed by atoms with E-state index in [1.807, 2.05) is 13.0 Å². The van der Waals surface area contributed by atoms with Gasteiger partial charge in [-0.15, -0.1) is 0 Å². The van der Waals surface area contributed by atoms with Crippen molar-refractivity contribution in [1.29, 1.82) is 5.41 Å². The zero-order chi connectivity index (χ0) is 24.6. The Morgan fingerprint density at radius 1 is 1.18 bits per heavy atom. The summed E-state index contributed by atoms with van der Waals surface area (Å²) in [5.74, 6) is -1.17. The molecule has 0 aromatic heterocycles. The number of nitrogens with zero attached hydrogens (tertiary/aromatic N) is 3. The molecule has 174 valence electrons. The van der Waals surface area contributed by atoms with Crippen LogP contribution in [-0.4, -0.2) is 46.6 Å². The number of hydrogen-bond acceptors (Lipinski definition) is 8. The van der Waals surface area contributed by atoms with E-state index in [0.29, 0.717) is 16.9 Å². The van der Waals surface area contributed by atoms with Crippen LogP contribution in [0.4, 0.5) is 0 Å². The number of carbonyl (C=O) groups is 2. The second-order valence-corrected chi connectivity index (χ2v) is 11.0. The maximum Gasteiger partial charge on any atom is 0.343 e. The summed E-state index contributed by atoms with van der Waals surface area (Å²) < 4.78 is 34.6. The molecule has 11 heteroatoms. The molecule has 0 radical (unpaired) electrons. The molecule has 2 aromatic carbocycles. The van der Waals surface area contributed by atoms with Crippen molar-refractivity contribution in [3.8, 4) is 5.75 Å². The molecule has 2 aromatic rings. The average Bonchev–Trinajstić information content (AvgIpc) is 3.22. The first-order valence-corrected chi connectivity index (χ1v) is 12.5. The Balaban J connectivity index is 1.56. The number of amides is 1. The lowest BCUT2D eigenvalue weighted by Gasteiger charge is -2.25. The van der Waals surface area contributed by atoms with Gasteiger partial charge in [-0.25, -0.2) is 18.1 Å². The fourth-order valence-corrected chi connectivity index (χ4v) is 5.19. The second-order valence-electron chi connectivity index (χ2n) is 7.83. The number of aliphatic imine (C=N–C) groups is 1. The minimum atomic E-state index is -3.79. The average molecular weight is 497 g/mol. The fraction of sp³-hybridized carbons (Fsp3) is 0.174. The van der Waals surface area contributed by atoms with Gasteiger partial charge in [-0.2, -0.15) is 9.39 Å². The minimum Gasteiger partial charge on any atom is -0.423 e. The van der Waals surface area contributed by atoms with Gasteiger partial charge in [0.25, 0.3) is 5.91 Å². The molecule has 1 N–H and O–H groups in total. The predicted octanol–water partition coefficient (Wildman–Crippen LogP) is 3.61. The van der Waals surface area contributed by atoms with E-state index in [-0.39, 0.29) is 21.7 Å². The molecule has 1 amide bonds. The number of aryl methyl sites for hydroxylation is 1. The van der Waals surface area contributed by atoms with Crippen LogP contribution in [0.25, 0.3) is 6.08 Å². The van der Waals surface area contributed by atoms with Gasteiger partial charge >= 0.3 is 5.97 Å². The standard InChI is InChI=1S/C23H20N4O5S2/c1-13(2)34(30,31)23-26-33-22-25-20(28)18(19(24)27(22)23)12-15-7-9-17(10-8-15)32-21(29)16-6-4-5-14(3)11-16/h4-13,24H,1-3H3/b18-12-,24-19?. The van der Waals surface area contributed by atoms with Crippen LogP contribution < -0.4 is 4.74 Å². The number of nitrogens with one attached hydrogen (secondary N) is 1. The first kappa shape index (κ1) is 23.6. The number of esters is 1. The van der Waals surface area contributed by atoms with E-state index >= 15 is 0 Å². The summed E-state index contributed by atoms with van der Waals surface area (Å²) in [5.41, 5.74) is 1.83. The van der Waals surface area contributed by atoms with Crippen LogP contribution in [0.15, 0.2) is 63.5 Å². The number of fused-ring (bicyclic) bond motifs is 1. The fourth-order valence-electron chi connectivity index (χ4n) is 3.13. The number of rotatable bonds is 4. The van der Waals surface area contributed by atoms with Crippen LogP contribution in [0.3, 0.4) is 0 Å². The number of hydrogen-bond donors (Lipinski definition) is 1. The number of amidine groups is 3. The molecule has 0 saturated heterocycles. The smallest absolute Gasteiger partial charge is 0.343 e. The third kappa shape index (κ3) is 4.44.